The van der Waals surface area contributed by atoms with Gasteiger partial charge in [0.15, 0.2) is 0 Å². The summed E-state index contributed by atoms with van der Waals surface area (Å²) in [7, 11) is -3.22. The molecular formula is C12H18ClNO3S. The summed E-state index contributed by atoms with van der Waals surface area (Å²) < 4.78 is 32.0. The van der Waals surface area contributed by atoms with E-state index in [1.807, 2.05) is 6.07 Å². The van der Waals surface area contributed by atoms with E-state index in [9.17, 15) is 8.42 Å². The Morgan fingerprint density at radius 3 is 3.06 bits per heavy atom. The standard InChI is InChI=1S/C12H18ClNO3S/c13-7-1-2-9-18(15,16)14-11-4-3-5-12-10(11)6-8-17-12/h6,8,11,14H,1-5,7,9H2. The van der Waals surface area contributed by atoms with Crippen LogP contribution in [0.3, 0.4) is 0 Å². The molecule has 6 heteroatoms. The zero-order valence-electron chi connectivity index (χ0n) is 10.2. The maximum Gasteiger partial charge on any atom is 0.212 e. The van der Waals surface area contributed by atoms with Crippen LogP contribution in [0.4, 0.5) is 0 Å². The molecule has 0 aliphatic heterocycles. The van der Waals surface area contributed by atoms with Crippen molar-refractivity contribution in [2.45, 2.75) is 38.1 Å². The Balaban J connectivity index is 1.98. The fourth-order valence-corrected chi connectivity index (χ4v) is 3.84. The van der Waals surface area contributed by atoms with E-state index >= 15 is 0 Å². The predicted octanol–water partition coefficient (Wildman–Crippen LogP) is 2.60. The van der Waals surface area contributed by atoms with Crippen molar-refractivity contribution in [2.75, 3.05) is 11.6 Å². The second-order valence-corrected chi connectivity index (χ2v) is 6.83. The van der Waals surface area contributed by atoms with Crippen LogP contribution < -0.4 is 4.72 Å². The molecular weight excluding hydrogens is 274 g/mol. The minimum atomic E-state index is -3.22. The Labute approximate surface area is 113 Å². The number of unbranched alkanes of at least 4 members (excludes halogenated alkanes) is 1. The van der Waals surface area contributed by atoms with Gasteiger partial charge in [0.25, 0.3) is 0 Å². The van der Waals surface area contributed by atoms with E-state index in [1.54, 1.807) is 6.26 Å². The Bertz CT molecular complexity index is 483. The number of nitrogens with one attached hydrogen (secondary N) is 1. The molecule has 0 fully saturated rings. The van der Waals surface area contributed by atoms with Crippen LogP contribution in [0.25, 0.3) is 0 Å². The highest BCUT2D eigenvalue weighted by molar-refractivity contribution is 7.89. The number of hydrogen-bond donors (Lipinski definition) is 1. The molecule has 1 heterocycles. The lowest BCUT2D eigenvalue weighted by atomic mass is 9.94. The van der Waals surface area contributed by atoms with Crippen molar-refractivity contribution < 1.29 is 12.8 Å². The molecule has 18 heavy (non-hydrogen) atoms. The molecule has 0 saturated carbocycles. The van der Waals surface area contributed by atoms with E-state index in [4.69, 9.17) is 16.0 Å². The normalized spacial score (nSPS) is 19.7. The Morgan fingerprint density at radius 2 is 2.28 bits per heavy atom. The quantitative estimate of drug-likeness (QED) is 0.647. The predicted molar refractivity (Wildman–Crippen MR) is 71.3 cm³/mol. The van der Waals surface area contributed by atoms with Crippen LogP contribution >= 0.6 is 11.6 Å². The summed E-state index contributed by atoms with van der Waals surface area (Å²) in [4.78, 5) is 0. The van der Waals surface area contributed by atoms with Crippen LogP contribution in [0.15, 0.2) is 16.7 Å². The zero-order chi connectivity index (χ0) is 13.0. The Hall–Kier alpha value is -0.520. The third-order valence-electron chi connectivity index (χ3n) is 3.17. The van der Waals surface area contributed by atoms with Crippen LogP contribution in [0.5, 0.6) is 0 Å². The molecule has 1 aromatic rings. The van der Waals surface area contributed by atoms with E-state index in [2.05, 4.69) is 4.72 Å². The monoisotopic (exact) mass is 291 g/mol. The summed E-state index contributed by atoms with van der Waals surface area (Å²) in [6, 6.07) is 1.73. The molecule has 102 valence electrons. The van der Waals surface area contributed by atoms with Gasteiger partial charge in [-0.2, -0.15) is 0 Å². The molecule has 0 amide bonds. The number of hydrogen-bond acceptors (Lipinski definition) is 3. The van der Waals surface area contributed by atoms with Gasteiger partial charge < -0.3 is 4.42 Å². The molecule has 4 nitrogen and oxygen atoms in total. The SMILES string of the molecule is O=S(=O)(CCCCCl)NC1CCCc2occc21. The van der Waals surface area contributed by atoms with Crippen LogP contribution in [-0.2, 0) is 16.4 Å². The average molecular weight is 292 g/mol. The Kier molecular flexibility index (Phi) is 4.70. The fourth-order valence-electron chi connectivity index (χ4n) is 2.27. The first-order chi connectivity index (χ1) is 8.62. The fraction of sp³-hybridized carbons (Fsp3) is 0.667. The maximum atomic E-state index is 11.9. The van der Waals surface area contributed by atoms with Crippen molar-refractivity contribution in [3.05, 3.63) is 23.7 Å². The molecule has 1 unspecified atom stereocenters. The summed E-state index contributed by atoms with van der Waals surface area (Å²) in [5.74, 6) is 1.56. The number of alkyl halides is 1. The van der Waals surface area contributed by atoms with E-state index in [1.165, 1.54) is 0 Å². The summed E-state index contributed by atoms with van der Waals surface area (Å²) >= 11 is 5.55. The van der Waals surface area contributed by atoms with Crippen molar-refractivity contribution in [3.63, 3.8) is 0 Å². The highest BCUT2D eigenvalue weighted by Gasteiger charge is 2.26. The summed E-state index contributed by atoms with van der Waals surface area (Å²) in [5, 5.41) is 0. The van der Waals surface area contributed by atoms with Gasteiger partial charge in [-0.25, -0.2) is 13.1 Å². The molecule has 0 aromatic carbocycles. The number of halogens is 1. The average Bonchev–Trinajstić information content (AvgIpc) is 2.78. The zero-order valence-corrected chi connectivity index (χ0v) is 11.8. The molecule has 1 atom stereocenters. The van der Waals surface area contributed by atoms with Gasteiger partial charge in [-0.1, -0.05) is 0 Å². The van der Waals surface area contributed by atoms with Crippen molar-refractivity contribution in [1.29, 1.82) is 0 Å². The van der Waals surface area contributed by atoms with Crippen molar-refractivity contribution in [1.82, 2.24) is 4.72 Å². The molecule has 1 aliphatic carbocycles. The van der Waals surface area contributed by atoms with Gasteiger partial charge in [0.2, 0.25) is 10.0 Å². The van der Waals surface area contributed by atoms with Gasteiger partial charge in [0, 0.05) is 17.9 Å². The van der Waals surface area contributed by atoms with Crippen LogP contribution in [0, 0.1) is 0 Å². The smallest absolute Gasteiger partial charge is 0.212 e. The number of fused-ring (bicyclic) bond motifs is 1. The molecule has 0 spiro atoms. The van der Waals surface area contributed by atoms with Crippen LogP contribution in [0.1, 0.15) is 43.0 Å². The van der Waals surface area contributed by atoms with Gasteiger partial charge in [-0.15, -0.1) is 11.6 Å². The number of rotatable bonds is 6. The van der Waals surface area contributed by atoms with Gasteiger partial charge >= 0.3 is 0 Å². The van der Waals surface area contributed by atoms with Crippen molar-refractivity contribution in [2.24, 2.45) is 0 Å². The van der Waals surface area contributed by atoms with Gasteiger partial charge in [-0.05, 0) is 31.7 Å². The van der Waals surface area contributed by atoms with E-state index in [0.29, 0.717) is 12.3 Å². The van der Waals surface area contributed by atoms with Gasteiger partial charge in [-0.3, -0.25) is 0 Å². The number of aryl methyl sites for hydroxylation is 1. The largest absolute Gasteiger partial charge is 0.469 e. The molecule has 1 aliphatic rings. The topological polar surface area (TPSA) is 59.3 Å². The van der Waals surface area contributed by atoms with Crippen molar-refractivity contribution >= 4 is 21.6 Å². The summed E-state index contributed by atoms with van der Waals surface area (Å²) in [6.07, 6.45) is 5.64. The molecule has 0 saturated heterocycles. The van der Waals surface area contributed by atoms with Gasteiger partial charge in [0.05, 0.1) is 18.1 Å². The molecule has 0 bridgehead atoms. The van der Waals surface area contributed by atoms with Crippen LogP contribution in [0.2, 0.25) is 0 Å². The summed E-state index contributed by atoms with van der Waals surface area (Å²) in [5.41, 5.74) is 0.988. The molecule has 0 radical (unpaired) electrons. The second-order valence-electron chi connectivity index (χ2n) is 4.58. The minimum Gasteiger partial charge on any atom is -0.469 e. The first kappa shape index (κ1) is 13.9. The van der Waals surface area contributed by atoms with E-state index in [0.717, 1.165) is 37.0 Å². The number of furan rings is 1. The third-order valence-corrected chi connectivity index (χ3v) is 4.91. The lowest BCUT2D eigenvalue weighted by Crippen LogP contribution is -2.32. The molecule has 1 aromatic heterocycles. The first-order valence-corrected chi connectivity index (χ1v) is 8.43. The molecule has 1 N–H and O–H groups in total. The third kappa shape index (κ3) is 3.49. The highest BCUT2D eigenvalue weighted by Crippen LogP contribution is 2.30. The minimum absolute atomic E-state index is 0.131. The maximum absolute atomic E-state index is 11.9. The number of sulfonamides is 1. The van der Waals surface area contributed by atoms with Gasteiger partial charge in [0.1, 0.15) is 5.76 Å². The van der Waals surface area contributed by atoms with Crippen LogP contribution in [-0.4, -0.2) is 20.1 Å². The molecule has 2 rings (SSSR count). The second kappa shape index (κ2) is 6.08. The van der Waals surface area contributed by atoms with E-state index < -0.39 is 10.0 Å². The summed E-state index contributed by atoms with van der Waals surface area (Å²) in [6.45, 7) is 0. The lowest BCUT2D eigenvalue weighted by Gasteiger charge is -2.22. The van der Waals surface area contributed by atoms with E-state index in [-0.39, 0.29) is 11.8 Å². The highest BCUT2D eigenvalue weighted by atomic mass is 35.5. The first-order valence-electron chi connectivity index (χ1n) is 6.24. The Morgan fingerprint density at radius 1 is 1.44 bits per heavy atom. The lowest BCUT2D eigenvalue weighted by molar-refractivity contribution is 0.438. The van der Waals surface area contributed by atoms with Crippen molar-refractivity contribution in [3.8, 4) is 0 Å².